The lowest BCUT2D eigenvalue weighted by atomic mass is 9.62. The third-order valence-electron chi connectivity index (χ3n) is 9.61. The van der Waals surface area contributed by atoms with E-state index in [0.717, 1.165) is 32.6 Å². The van der Waals surface area contributed by atoms with Crippen molar-refractivity contribution in [2.24, 2.45) is 27.1 Å². The Hall–Kier alpha value is -3.29. The molecule has 0 bridgehead atoms. The van der Waals surface area contributed by atoms with E-state index in [0.29, 0.717) is 31.8 Å². The Kier molecular flexibility index (Phi) is 14.6. The molecule has 0 aromatic rings. The largest absolute Gasteiger partial charge is 0.549 e. The lowest BCUT2D eigenvalue weighted by Crippen LogP contribution is -2.51. The molecule has 0 aromatic carbocycles. The summed E-state index contributed by atoms with van der Waals surface area (Å²) in [5.74, 6) is -2.17. The Balaban J connectivity index is 1.78. The Bertz CT molecular complexity index is 1180. The number of aliphatic carboxylic acids is 1. The Morgan fingerprint density at radius 1 is 0.776 bits per heavy atom. The highest BCUT2D eigenvalue weighted by atomic mass is 16.6. The van der Waals surface area contributed by atoms with Crippen molar-refractivity contribution in [3.8, 4) is 0 Å². The van der Waals surface area contributed by atoms with E-state index in [1.54, 1.807) is 6.92 Å². The van der Waals surface area contributed by atoms with Crippen LogP contribution in [0.15, 0.2) is 0 Å². The van der Waals surface area contributed by atoms with Gasteiger partial charge in [0.1, 0.15) is 19.3 Å². The maximum Gasteiger partial charge on any atom is 0.407 e. The Morgan fingerprint density at radius 2 is 1.27 bits per heavy atom. The van der Waals surface area contributed by atoms with Crippen LogP contribution in [0.4, 0.5) is 14.4 Å². The van der Waals surface area contributed by atoms with E-state index >= 15 is 0 Å². The highest BCUT2D eigenvalue weighted by Crippen LogP contribution is 2.46. The van der Waals surface area contributed by atoms with Crippen LogP contribution in [-0.4, -0.2) is 88.4 Å². The van der Waals surface area contributed by atoms with E-state index in [4.69, 9.17) is 18.9 Å². The van der Waals surface area contributed by atoms with Crippen LogP contribution in [0.1, 0.15) is 107 Å². The number of ether oxygens (including phenoxy) is 4. The first-order valence-corrected chi connectivity index (χ1v) is 17.3. The van der Waals surface area contributed by atoms with Crippen LogP contribution in [0.5, 0.6) is 0 Å². The molecule has 0 spiro atoms. The van der Waals surface area contributed by atoms with Crippen LogP contribution < -0.4 is 26.4 Å². The van der Waals surface area contributed by atoms with Gasteiger partial charge in [0.15, 0.2) is 0 Å². The summed E-state index contributed by atoms with van der Waals surface area (Å²) in [4.78, 5) is 60.4. The maximum absolute atomic E-state index is 12.8. The summed E-state index contributed by atoms with van der Waals surface area (Å²) in [6, 6.07) is 0.172. The normalized spacial score (nSPS) is 27.7. The summed E-state index contributed by atoms with van der Waals surface area (Å²) in [6.45, 7) is 16.8. The molecule has 0 heterocycles. The van der Waals surface area contributed by atoms with Crippen LogP contribution in [0.25, 0.3) is 0 Å². The molecule has 14 nitrogen and oxygen atoms in total. The summed E-state index contributed by atoms with van der Waals surface area (Å²) < 4.78 is 20.9. The predicted octanol–water partition coefficient (Wildman–Crippen LogP) is 3.65. The topological polar surface area (TPSA) is 193 Å². The van der Waals surface area contributed by atoms with Gasteiger partial charge in [-0.25, -0.2) is 14.4 Å². The summed E-state index contributed by atoms with van der Waals surface area (Å²) in [6.07, 6.45) is 3.04. The van der Waals surface area contributed by atoms with Gasteiger partial charge < -0.3 is 50.1 Å². The molecule has 2 saturated carbocycles. The zero-order chi connectivity index (χ0) is 37.3. The molecule has 282 valence electrons. The molecule has 6 unspecified atom stereocenters. The smallest absolute Gasteiger partial charge is 0.407 e. The molecule has 2 aliphatic rings. The second kappa shape index (κ2) is 17.1. The maximum atomic E-state index is 12.8. The van der Waals surface area contributed by atoms with E-state index in [1.165, 1.54) is 6.92 Å². The number of nitrogens with one attached hydrogen (secondary N) is 4. The molecule has 4 N–H and O–H groups in total. The van der Waals surface area contributed by atoms with Crippen molar-refractivity contribution in [1.82, 2.24) is 21.3 Å². The molecule has 0 saturated heterocycles. The number of hydrogen-bond donors (Lipinski definition) is 4. The van der Waals surface area contributed by atoms with E-state index in [1.807, 2.05) is 14.0 Å². The van der Waals surface area contributed by atoms with E-state index < -0.39 is 60.4 Å². The number of alkyl carbamates (subject to hydrolysis) is 3. The van der Waals surface area contributed by atoms with Gasteiger partial charge in [0.05, 0.1) is 18.0 Å². The Morgan fingerprint density at radius 3 is 1.78 bits per heavy atom. The van der Waals surface area contributed by atoms with Crippen molar-refractivity contribution in [2.75, 3.05) is 40.0 Å². The summed E-state index contributed by atoms with van der Waals surface area (Å²) in [7, 11) is 1.98. The first-order chi connectivity index (χ1) is 22.5. The lowest BCUT2D eigenvalue weighted by molar-refractivity contribution is -0.321. The molecular formula is C35H61N4O10-. The second-order valence-electron chi connectivity index (χ2n) is 17.0. The number of carbonyl (C=O) groups is 5. The third kappa shape index (κ3) is 14.6. The van der Waals surface area contributed by atoms with Gasteiger partial charge in [-0.1, -0.05) is 41.5 Å². The highest BCUT2D eigenvalue weighted by Gasteiger charge is 2.43. The van der Waals surface area contributed by atoms with Crippen LogP contribution in [-0.2, 0) is 28.5 Å². The zero-order valence-corrected chi connectivity index (χ0v) is 31.3. The molecule has 0 aromatic heterocycles. The summed E-state index contributed by atoms with van der Waals surface area (Å²) in [5.41, 5.74) is -2.15. The number of carboxylic acids is 1. The van der Waals surface area contributed by atoms with E-state index in [2.05, 4.69) is 55.9 Å². The monoisotopic (exact) mass is 697 g/mol. The highest BCUT2D eigenvalue weighted by molar-refractivity contribution is 5.74. The number of rotatable bonds is 15. The standard InChI is InChI=1S/C35H62N4O10/c1-23(11-12-46-28(43)37-19-33(7)15-25(36-10)13-31(3,4)17-33)49-30(45)39-26-14-32(5,6)18-34(8,16-26)20-38-29(44)48-22-35(9,27(41)42)21-47-24(2)40/h23,25-26,36H,11-22H2,1-10H3,(H,37,43)(H,38,44)(H,39,45)(H,41,42)/p-1. The molecule has 14 heteroatoms. The quantitative estimate of drug-likeness (QED) is 0.144. The van der Waals surface area contributed by atoms with Gasteiger partial charge in [-0.05, 0) is 81.1 Å². The average molecular weight is 698 g/mol. The van der Waals surface area contributed by atoms with Gasteiger partial charge in [-0.2, -0.15) is 0 Å². The van der Waals surface area contributed by atoms with Crippen molar-refractivity contribution in [3.63, 3.8) is 0 Å². The molecule has 2 rings (SSSR count). The van der Waals surface area contributed by atoms with E-state index in [9.17, 15) is 29.1 Å². The minimum absolute atomic E-state index is 0.0403. The molecule has 0 aliphatic heterocycles. The minimum Gasteiger partial charge on any atom is -0.549 e. The van der Waals surface area contributed by atoms with Gasteiger partial charge in [-0.3, -0.25) is 4.79 Å². The fraction of sp³-hybridized carbons (Fsp3) is 0.857. The fourth-order valence-electron chi connectivity index (χ4n) is 7.92. The van der Waals surface area contributed by atoms with Crippen LogP contribution in [0, 0.1) is 27.1 Å². The molecule has 49 heavy (non-hydrogen) atoms. The number of hydrogen-bond acceptors (Lipinski definition) is 11. The van der Waals surface area contributed by atoms with Gasteiger partial charge >= 0.3 is 24.2 Å². The zero-order valence-electron chi connectivity index (χ0n) is 31.3. The predicted molar refractivity (Wildman–Crippen MR) is 180 cm³/mol. The molecule has 6 atom stereocenters. The number of esters is 1. The third-order valence-corrected chi connectivity index (χ3v) is 9.61. The molecule has 3 amide bonds. The van der Waals surface area contributed by atoms with Gasteiger partial charge in [0, 0.05) is 38.5 Å². The number of amides is 3. The van der Waals surface area contributed by atoms with Crippen molar-refractivity contribution in [1.29, 1.82) is 0 Å². The summed E-state index contributed by atoms with van der Waals surface area (Å²) in [5, 5.41) is 23.5. The second-order valence-corrected chi connectivity index (χ2v) is 17.0. The summed E-state index contributed by atoms with van der Waals surface area (Å²) >= 11 is 0. The molecule has 0 radical (unpaired) electrons. The van der Waals surface area contributed by atoms with Crippen molar-refractivity contribution in [2.45, 2.75) is 125 Å². The van der Waals surface area contributed by atoms with Gasteiger partial charge in [-0.15, -0.1) is 0 Å². The van der Waals surface area contributed by atoms with Crippen LogP contribution in [0.3, 0.4) is 0 Å². The molecule has 2 fully saturated rings. The van der Waals surface area contributed by atoms with Gasteiger partial charge in [0.2, 0.25) is 0 Å². The fourth-order valence-corrected chi connectivity index (χ4v) is 7.92. The Labute approximate surface area is 291 Å². The van der Waals surface area contributed by atoms with Crippen molar-refractivity contribution in [3.05, 3.63) is 0 Å². The minimum atomic E-state index is -1.70. The first kappa shape index (κ1) is 41.9. The molecule has 2 aliphatic carbocycles. The van der Waals surface area contributed by atoms with Gasteiger partial charge in [0.25, 0.3) is 0 Å². The average Bonchev–Trinajstić information content (AvgIpc) is 2.94. The van der Waals surface area contributed by atoms with Crippen LogP contribution in [0.2, 0.25) is 0 Å². The van der Waals surface area contributed by atoms with E-state index in [-0.39, 0.29) is 35.4 Å². The van der Waals surface area contributed by atoms with Crippen LogP contribution >= 0.6 is 0 Å². The number of carbonyl (C=O) groups excluding carboxylic acids is 5. The number of carboxylic acid groups (broad SMARTS) is 1. The SMILES string of the molecule is CNC1CC(C)(C)CC(C)(CNC(=O)OCCC(C)OC(=O)NC2CC(C)(C)CC(C)(CNC(=O)OCC(C)(COC(C)=O)C(=O)[O-])C2)C1. The lowest BCUT2D eigenvalue weighted by Gasteiger charge is -2.46. The van der Waals surface area contributed by atoms with Crippen molar-refractivity contribution < 1.29 is 48.0 Å². The first-order valence-electron chi connectivity index (χ1n) is 17.3. The van der Waals surface area contributed by atoms with Crippen molar-refractivity contribution >= 4 is 30.2 Å². The molecular weight excluding hydrogens is 636 g/mol.